The van der Waals surface area contributed by atoms with Gasteiger partial charge in [-0.2, -0.15) is 0 Å². The SMILES string of the molecule is CC1CCNCC1CNC(=O)C(C)S(C)(=O)=O. The van der Waals surface area contributed by atoms with Crippen molar-refractivity contribution in [3.63, 3.8) is 0 Å². The van der Waals surface area contributed by atoms with Crippen molar-refractivity contribution in [1.82, 2.24) is 10.6 Å². The number of rotatable bonds is 4. The van der Waals surface area contributed by atoms with Crippen molar-refractivity contribution in [2.24, 2.45) is 11.8 Å². The summed E-state index contributed by atoms with van der Waals surface area (Å²) in [6.45, 7) is 6.04. The van der Waals surface area contributed by atoms with Gasteiger partial charge in [0.2, 0.25) is 5.91 Å². The van der Waals surface area contributed by atoms with Crippen LogP contribution in [-0.2, 0) is 14.6 Å². The maximum atomic E-state index is 11.6. The summed E-state index contributed by atoms with van der Waals surface area (Å²) < 4.78 is 22.4. The van der Waals surface area contributed by atoms with E-state index in [1.807, 2.05) is 0 Å². The molecule has 100 valence electrons. The molecule has 17 heavy (non-hydrogen) atoms. The molecule has 3 unspecified atom stereocenters. The van der Waals surface area contributed by atoms with Gasteiger partial charge in [0.15, 0.2) is 9.84 Å². The molecule has 3 atom stereocenters. The van der Waals surface area contributed by atoms with Crippen LogP contribution in [0.3, 0.4) is 0 Å². The number of hydrogen-bond acceptors (Lipinski definition) is 4. The monoisotopic (exact) mass is 262 g/mol. The number of amides is 1. The largest absolute Gasteiger partial charge is 0.355 e. The first-order chi connectivity index (χ1) is 7.82. The van der Waals surface area contributed by atoms with Crippen LogP contribution in [0.15, 0.2) is 0 Å². The summed E-state index contributed by atoms with van der Waals surface area (Å²) in [4.78, 5) is 11.6. The summed E-state index contributed by atoms with van der Waals surface area (Å²) in [6.07, 6.45) is 2.18. The van der Waals surface area contributed by atoms with Gasteiger partial charge in [-0.1, -0.05) is 6.92 Å². The smallest absolute Gasteiger partial charge is 0.238 e. The molecule has 0 spiro atoms. The van der Waals surface area contributed by atoms with E-state index in [0.717, 1.165) is 25.8 Å². The fraction of sp³-hybridized carbons (Fsp3) is 0.909. The third-order valence-electron chi connectivity index (χ3n) is 3.54. The maximum Gasteiger partial charge on any atom is 0.238 e. The molecule has 0 bridgehead atoms. The number of carbonyl (C=O) groups excluding carboxylic acids is 1. The fourth-order valence-corrected chi connectivity index (χ4v) is 2.37. The van der Waals surface area contributed by atoms with Crippen molar-refractivity contribution < 1.29 is 13.2 Å². The second-order valence-electron chi connectivity index (χ2n) is 4.95. The molecule has 5 nitrogen and oxygen atoms in total. The van der Waals surface area contributed by atoms with Gasteiger partial charge < -0.3 is 10.6 Å². The average molecular weight is 262 g/mol. The zero-order valence-corrected chi connectivity index (χ0v) is 11.5. The predicted molar refractivity (Wildman–Crippen MR) is 67.5 cm³/mol. The van der Waals surface area contributed by atoms with Crippen LogP contribution in [0, 0.1) is 11.8 Å². The molecule has 0 aliphatic carbocycles. The van der Waals surface area contributed by atoms with Crippen molar-refractivity contribution in [1.29, 1.82) is 0 Å². The van der Waals surface area contributed by atoms with Crippen molar-refractivity contribution >= 4 is 15.7 Å². The van der Waals surface area contributed by atoms with Gasteiger partial charge in [0, 0.05) is 12.8 Å². The minimum absolute atomic E-state index is 0.388. The van der Waals surface area contributed by atoms with Crippen LogP contribution in [0.5, 0.6) is 0 Å². The molecule has 1 fully saturated rings. The lowest BCUT2D eigenvalue weighted by atomic mass is 9.88. The minimum atomic E-state index is -3.30. The van der Waals surface area contributed by atoms with E-state index in [1.165, 1.54) is 6.92 Å². The van der Waals surface area contributed by atoms with E-state index in [4.69, 9.17) is 0 Å². The number of sulfone groups is 1. The molecular formula is C11H22N2O3S. The van der Waals surface area contributed by atoms with Crippen LogP contribution >= 0.6 is 0 Å². The van der Waals surface area contributed by atoms with Crippen molar-refractivity contribution in [2.45, 2.75) is 25.5 Å². The second kappa shape index (κ2) is 5.82. The van der Waals surface area contributed by atoms with Gasteiger partial charge in [-0.3, -0.25) is 4.79 Å². The highest BCUT2D eigenvalue weighted by molar-refractivity contribution is 7.92. The zero-order chi connectivity index (χ0) is 13.1. The fourth-order valence-electron chi connectivity index (χ4n) is 1.90. The third kappa shape index (κ3) is 4.27. The minimum Gasteiger partial charge on any atom is -0.355 e. The normalized spacial score (nSPS) is 27.5. The Morgan fingerprint density at radius 3 is 2.71 bits per heavy atom. The Bertz CT molecular complexity index is 367. The van der Waals surface area contributed by atoms with Gasteiger partial charge in [0.05, 0.1) is 0 Å². The summed E-state index contributed by atoms with van der Waals surface area (Å²) in [5.41, 5.74) is 0. The Morgan fingerprint density at radius 1 is 1.53 bits per heavy atom. The molecule has 1 aliphatic heterocycles. The Morgan fingerprint density at radius 2 is 2.18 bits per heavy atom. The van der Waals surface area contributed by atoms with Gasteiger partial charge >= 0.3 is 0 Å². The van der Waals surface area contributed by atoms with E-state index in [0.29, 0.717) is 18.4 Å². The first-order valence-corrected chi connectivity index (χ1v) is 7.95. The van der Waals surface area contributed by atoms with Crippen molar-refractivity contribution in [3.8, 4) is 0 Å². The zero-order valence-electron chi connectivity index (χ0n) is 10.7. The summed E-state index contributed by atoms with van der Waals surface area (Å²) in [5.74, 6) is 0.551. The number of piperidine rings is 1. The van der Waals surface area contributed by atoms with Crippen LogP contribution < -0.4 is 10.6 Å². The topological polar surface area (TPSA) is 75.3 Å². The Hall–Kier alpha value is -0.620. The second-order valence-corrected chi connectivity index (χ2v) is 7.31. The van der Waals surface area contributed by atoms with E-state index in [2.05, 4.69) is 17.6 Å². The highest BCUT2D eigenvalue weighted by Crippen LogP contribution is 2.17. The van der Waals surface area contributed by atoms with E-state index >= 15 is 0 Å². The van der Waals surface area contributed by atoms with Crippen molar-refractivity contribution in [2.75, 3.05) is 25.9 Å². The number of hydrogen-bond donors (Lipinski definition) is 2. The molecule has 1 amide bonds. The van der Waals surface area contributed by atoms with Crippen LogP contribution in [-0.4, -0.2) is 45.5 Å². The summed E-state index contributed by atoms with van der Waals surface area (Å²) in [7, 11) is -3.30. The maximum absolute atomic E-state index is 11.6. The third-order valence-corrected chi connectivity index (χ3v) is 5.04. The van der Waals surface area contributed by atoms with Gasteiger partial charge in [-0.15, -0.1) is 0 Å². The molecular weight excluding hydrogens is 240 g/mol. The van der Waals surface area contributed by atoms with Gasteiger partial charge in [0.1, 0.15) is 5.25 Å². The predicted octanol–water partition coefficient (Wildman–Crippen LogP) is -0.219. The highest BCUT2D eigenvalue weighted by Gasteiger charge is 2.26. The average Bonchev–Trinajstić information content (AvgIpc) is 2.25. The lowest BCUT2D eigenvalue weighted by molar-refractivity contribution is -0.120. The van der Waals surface area contributed by atoms with Gasteiger partial charge in [0.25, 0.3) is 0 Å². The molecule has 1 heterocycles. The van der Waals surface area contributed by atoms with Gasteiger partial charge in [-0.05, 0) is 38.3 Å². The lowest BCUT2D eigenvalue weighted by Gasteiger charge is -2.29. The summed E-state index contributed by atoms with van der Waals surface area (Å²) in [6, 6.07) is 0. The first kappa shape index (κ1) is 14.4. The molecule has 0 radical (unpaired) electrons. The Kier molecular flexibility index (Phi) is 4.94. The van der Waals surface area contributed by atoms with E-state index in [9.17, 15) is 13.2 Å². The molecule has 0 aromatic rings. The molecule has 1 rings (SSSR count). The molecule has 1 saturated heterocycles. The number of nitrogens with one attached hydrogen (secondary N) is 2. The first-order valence-electron chi connectivity index (χ1n) is 5.99. The Labute approximate surface area is 103 Å². The summed E-state index contributed by atoms with van der Waals surface area (Å²) >= 11 is 0. The van der Waals surface area contributed by atoms with E-state index in [1.54, 1.807) is 0 Å². The quantitative estimate of drug-likeness (QED) is 0.734. The molecule has 6 heteroatoms. The van der Waals surface area contributed by atoms with E-state index in [-0.39, 0.29) is 0 Å². The standard InChI is InChI=1S/C11H22N2O3S/c1-8-4-5-12-6-10(8)7-13-11(14)9(2)17(3,15)16/h8-10,12H,4-7H2,1-3H3,(H,13,14). The van der Waals surface area contributed by atoms with Crippen LogP contribution in [0.4, 0.5) is 0 Å². The van der Waals surface area contributed by atoms with Crippen LogP contribution in [0.1, 0.15) is 20.3 Å². The molecule has 0 aromatic carbocycles. The Balaban J connectivity index is 2.42. The lowest BCUT2D eigenvalue weighted by Crippen LogP contribution is -2.45. The summed E-state index contributed by atoms with van der Waals surface area (Å²) in [5, 5.41) is 5.05. The molecule has 1 aliphatic rings. The van der Waals surface area contributed by atoms with Crippen LogP contribution in [0.2, 0.25) is 0 Å². The van der Waals surface area contributed by atoms with Crippen LogP contribution in [0.25, 0.3) is 0 Å². The molecule has 2 N–H and O–H groups in total. The highest BCUT2D eigenvalue weighted by atomic mass is 32.2. The number of carbonyl (C=O) groups is 1. The van der Waals surface area contributed by atoms with Crippen molar-refractivity contribution in [3.05, 3.63) is 0 Å². The van der Waals surface area contributed by atoms with Gasteiger partial charge in [-0.25, -0.2) is 8.42 Å². The molecule has 0 aromatic heterocycles. The van der Waals surface area contributed by atoms with E-state index < -0.39 is 21.0 Å². The molecule has 0 saturated carbocycles.